The Morgan fingerprint density at radius 3 is 2.50 bits per heavy atom. The monoisotopic (exact) mass is 314 g/mol. The molecule has 5 nitrogen and oxygen atoms in total. The van der Waals surface area contributed by atoms with Gasteiger partial charge in [0.2, 0.25) is 0 Å². The van der Waals surface area contributed by atoms with Crippen LogP contribution < -0.4 is 11.1 Å². The van der Waals surface area contributed by atoms with Gasteiger partial charge in [0.25, 0.3) is 5.91 Å². The van der Waals surface area contributed by atoms with Crippen molar-refractivity contribution in [1.29, 1.82) is 0 Å². The van der Waals surface area contributed by atoms with Crippen LogP contribution in [0, 0.1) is 5.92 Å². The molecule has 18 heavy (non-hydrogen) atoms. The number of nitrogens with one attached hydrogen (secondary N) is 1. The quantitative estimate of drug-likeness (QED) is 0.740. The minimum Gasteiger partial charge on any atom is -0.480 e. The average molecular weight is 315 g/mol. The average Bonchev–Trinajstić information content (AvgIpc) is 2.28. The first-order chi connectivity index (χ1) is 8.32. The largest absolute Gasteiger partial charge is 0.480 e. The number of carbonyl (C=O) groups is 2. The molecule has 0 aliphatic carbocycles. The number of nitrogen functional groups attached to an aromatic ring is 1. The third-order valence-electron chi connectivity index (χ3n) is 2.45. The molecule has 0 aliphatic rings. The predicted molar refractivity (Wildman–Crippen MR) is 72.3 cm³/mol. The van der Waals surface area contributed by atoms with Gasteiger partial charge in [-0.15, -0.1) is 0 Å². The summed E-state index contributed by atoms with van der Waals surface area (Å²) in [6.45, 7) is 3.46. The highest BCUT2D eigenvalue weighted by atomic mass is 79.9. The van der Waals surface area contributed by atoms with Gasteiger partial charge in [0.1, 0.15) is 6.04 Å². The molecule has 0 aliphatic heterocycles. The van der Waals surface area contributed by atoms with Gasteiger partial charge in [-0.05, 0) is 40.0 Å². The highest BCUT2D eigenvalue weighted by molar-refractivity contribution is 9.10. The molecular weight excluding hydrogens is 300 g/mol. The van der Waals surface area contributed by atoms with Crippen LogP contribution in [0.1, 0.15) is 24.2 Å². The Hall–Kier alpha value is -1.56. The molecule has 0 radical (unpaired) electrons. The minimum atomic E-state index is -1.06. The van der Waals surface area contributed by atoms with Crippen LogP contribution in [0.25, 0.3) is 0 Å². The molecule has 1 aromatic rings. The number of aliphatic carboxylic acids is 1. The molecule has 0 saturated heterocycles. The molecule has 0 fully saturated rings. The van der Waals surface area contributed by atoms with E-state index in [1.807, 2.05) is 0 Å². The maximum Gasteiger partial charge on any atom is 0.326 e. The van der Waals surface area contributed by atoms with Crippen molar-refractivity contribution in [2.24, 2.45) is 5.92 Å². The van der Waals surface area contributed by atoms with Crippen molar-refractivity contribution in [3.63, 3.8) is 0 Å². The van der Waals surface area contributed by atoms with Gasteiger partial charge in [0.15, 0.2) is 0 Å². The van der Waals surface area contributed by atoms with Gasteiger partial charge in [0, 0.05) is 10.2 Å². The molecule has 1 rings (SSSR count). The highest BCUT2D eigenvalue weighted by Crippen LogP contribution is 2.19. The summed E-state index contributed by atoms with van der Waals surface area (Å²) in [5, 5.41) is 11.5. The summed E-state index contributed by atoms with van der Waals surface area (Å²) < 4.78 is 0.571. The fraction of sp³-hybridized carbons (Fsp3) is 0.333. The molecular formula is C12H15BrN2O3. The zero-order chi connectivity index (χ0) is 13.9. The van der Waals surface area contributed by atoms with Crippen LogP contribution in [-0.2, 0) is 4.79 Å². The van der Waals surface area contributed by atoms with Crippen molar-refractivity contribution in [1.82, 2.24) is 5.32 Å². The highest BCUT2D eigenvalue weighted by Gasteiger charge is 2.24. The van der Waals surface area contributed by atoms with Gasteiger partial charge in [-0.1, -0.05) is 13.8 Å². The number of rotatable bonds is 4. The second kappa shape index (κ2) is 5.86. The van der Waals surface area contributed by atoms with Crippen LogP contribution in [0.3, 0.4) is 0 Å². The van der Waals surface area contributed by atoms with E-state index in [1.54, 1.807) is 26.0 Å². The maximum atomic E-state index is 12.0. The van der Waals surface area contributed by atoms with Gasteiger partial charge in [-0.25, -0.2) is 4.79 Å². The van der Waals surface area contributed by atoms with E-state index >= 15 is 0 Å². The Bertz CT molecular complexity index is 474. The Morgan fingerprint density at radius 2 is 2.00 bits per heavy atom. The second-order valence-electron chi connectivity index (χ2n) is 4.27. The van der Waals surface area contributed by atoms with Crippen LogP contribution in [-0.4, -0.2) is 23.0 Å². The normalized spacial score (nSPS) is 12.2. The summed E-state index contributed by atoms with van der Waals surface area (Å²) >= 11 is 3.23. The third-order valence-corrected chi connectivity index (χ3v) is 3.15. The van der Waals surface area contributed by atoms with Gasteiger partial charge in [0.05, 0.1) is 5.56 Å². The number of benzene rings is 1. The molecule has 0 unspecified atom stereocenters. The van der Waals surface area contributed by atoms with Crippen LogP contribution >= 0.6 is 15.9 Å². The van der Waals surface area contributed by atoms with Gasteiger partial charge in [-0.3, -0.25) is 4.79 Å². The molecule has 0 aromatic heterocycles. The van der Waals surface area contributed by atoms with Crippen molar-refractivity contribution in [3.8, 4) is 0 Å². The molecule has 4 N–H and O–H groups in total. The number of amides is 1. The van der Waals surface area contributed by atoms with Crippen LogP contribution in [0.4, 0.5) is 5.69 Å². The Balaban J connectivity index is 2.94. The molecule has 1 aromatic carbocycles. The van der Waals surface area contributed by atoms with E-state index in [2.05, 4.69) is 21.2 Å². The van der Waals surface area contributed by atoms with Gasteiger partial charge < -0.3 is 16.2 Å². The summed E-state index contributed by atoms with van der Waals surface area (Å²) in [5.41, 5.74) is 6.36. The zero-order valence-electron chi connectivity index (χ0n) is 10.1. The number of carboxylic acids is 1. The number of nitrogens with two attached hydrogens (primary N) is 1. The van der Waals surface area contributed by atoms with Crippen LogP contribution in [0.2, 0.25) is 0 Å². The van der Waals surface area contributed by atoms with Gasteiger partial charge >= 0.3 is 5.97 Å². The number of hydrogen-bond acceptors (Lipinski definition) is 3. The Kier molecular flexibility index (Phi) is 4.72. The molecule has 1 atom stereocenters. The molecule has 98 valence electrons. The van der Waals surface area contributed by atoms with E-state index in [4.69, 9.17) is 10.8 Å². The van der Waals surface area contributed by atoms with Gasteiger partial charge in [-0.2, -0.15) is 0 Å². The lowest BCUT2D eigenvalue weighted by Gasteiger charge is -2.18. The van der Waals surface area contributed by atoms with Crippen molar-refractivity contribution < 1.29 is 14.7 Å². The molecule has 0 bridgehead atoms. The van der Waals surface area contributed by atoms with E-state index in [0.717, 1.165) is 0 Å². The lowest BCUT2D eigenvalue weighted by atomic mass is 10.0. The van der Waals surface area contributed by atoms with E-state index in [9.17, 15) is 9.59 Å². The number of carboxylic acid groups (broad SMARTS) is 1. The molecule has 0 heterocycles. The summed E-state index contributed by atoms with van der Waals surface area (Å²) in [5.74, 6) is -1.72. The standard InChI is InChI=1S/C12H15BrN2O3/c1-6(2)10(12(17)18)15-11(16)8-5-7(14)3-4-9(8)13/h3-6,10H,14H2,1-2H3,(H,15,16)(H,17,18)/t10-/m0/s1. The van der Waals surface area contributed by atoms with Crippen molar-refractivity contribution in [2.75, 3.05) is 5.73 Å². The summed E-state index contributed by atoms with van der Waals surface area (Å²) in [4.78, 5) is 23.0. The Labute approximate surface area is 113 Å². The number of carbonyl (C=O) groups excluding carboxylic acids is 1. The number of anilines is 1. The smallest absolute Gasteiger partial charge is 0.326 e. The maximum absolute atomic E-state index is 12.0. The fourth-order valence-corrected chi connectivity index (χ4v) is 1.88. The van der Waals surface area contributed by atoms with E-state index in [-0.39, 0.29) is 5.92 Å². The van der Waals surface area contributed by atoms with E-state index < -0.39 is 17.9 Å². The van der Waals surface area contributed by atoms with Crippen molar-refractivity contribution in [3.05, 3.63) is 28.2 Å². The van der Waals surface area contributed by atoms with Crippen LogP contribution in [0.15, 0.2) is 22.7 Å². The predicted octanol–water partition coefficient (Wildman–Crippen LogP) is 1.87. The van der Waals surface area contributed by atoms with Crippen molar-refractivity contribution in [2.45, 2.75) is 19.9 Å². The van der Waals surface area contributed by atoms with E-state index in [1.165, 1.54) is 6.07 Å². The fourth-order valence-electron chi connectivity index (χ4n) is 1.45. The number of hydrogen-bond donors (Lipinski definition) is 3. The molecule has 0 saturated carbocycles. The first-order valence-electron chi connectivity index (χ1n) is 5.41. The molecule has 6 heteroatoms. The SMILES string of the molecule is CC(C)[C@H](NC(=O)c1cc(N)ccc1Br)C(=O)O. The molecule has 0 spiro atoms. The molecule has 1 amide bonds. The summed E-state index contributed by atoms with van der Waals surface area (Å²) in [6, 6.07) is 3.87. The zero-order valence-corrected chi connectivity index (χ0v) is 11.7. The lowest BCUT2D eigenvalue weighted by molar-refractivity contribution is -0.140. The second-order valence-corrected chi connectivity index (χ2v) is 5.13. The Morgan fingerprint density at radius 1 is 1.39 bits per heavy atom. The topological polar surface area (TPSA) is 92.4 Å². The van der Waals surface area contributed by atoms with Crippen molar-refractivity contribution >= 4 is 33.5 Å². The first-order valence-corrected chi connectivity index (χ1v) is 6.21. The summed E-state index contributed by atoms with van der Waals surface area (Å²) in [7, 11) is 0. The van der Waals surface area contributed by atoms with E-state index in [0.29, 0.717) is 15.7 Å². The first kappa shape index (κ1) is 14.5. The van der Waals surface area contributed by atoms with Crippen LogP contribution in [0.5, 0.6) is 0 Å². The third kappa shape index (κ3) is 3.46. The minimum absolute atomic E-state index is 0.203. The lowest BCUT2D eigenvalue weighted by Crippen LogP contribution is -2.44. The number of halogens is 1. The summed E-state index contributed by atoms with van der Waals surface area (Å²) in [6.07, 6.45) is 0.